The number of halogens is 2. The number of anilines is 1. The Balaban J connectivity index is 1.38. The molecule has 0 bridgehead atoms. The van der Waals surface area contributed by atoms with Gasteiger partial charge in [-0.15, -0.1) is 23.2 Å². The maximum Gasteiger partial charge on any atom is 0.228 e. The van der Waals surface area contributed by atoms with Crippen LogP contribution >= 0.6 is 23.2 Å². The lowest BCUT2D eigenvalue weighted by atomic mass is 10.0. The average molecular weight is 324 g/mol. The van der Waals surface area contributed by atoms with Crippen LogP contribution in [0.5, 0.6) is 0 Å². The Morgan fingerprint density at radius 3 is 2.14 bits per heavy atom. The molecule has 5 atom stereocenters. The molecule has 1 unspecified atom stereocenters. The Kier molecular flexibility index (Phi) is 3.24. The monoisotopic (exact) mass is 323 g/mol. The van der Waals surface area contributed by atoms with Gasteiger partial charge in [0.15, 0.2) is 0 Å². The van der Waals surface area contributed by atoms with Crippen molar-refractivity contribution in [3.05, 3.63) is 30.3 Å². The number of hydrogen-bond donors (Lipinski definition) is 1. The summed E-state index contributed by atoms with van der Waals surface area (Å²) in [6.07, 6.45) is 4.35. The molecule has 0 spiro atoms. The molecule has 4 heteroatoms. The molecular formula is C17H19Cl2NO. The van der Waals surface area contributed by atoms with Crippen LogP contribution in [0.3, 0.4) is 0 Å². The van der Waals surface area contributed by atoms with Crippen molar-refractivity contribution in [2.45, 2.75) is 30.0 Å². The third-order valence-corrected chi connectivity index (χ3v) is 6.78. The number of amides is 1. The van der Waals surface area contributed by atoms with Crippen molar-refractivity contribution in [1.29, 1.82) is 0 Å². The van der Waals surface area contributed by atoms with Gasteiger partial charge in [-0.05, 0) is 61.5 Å². The molecule has 3 fully saturated rings. The van der Waals surface area contributed by atoms with E-state index in [4.69, 9.17) is 23.2 Å². The Labute approximate surface area is 135 Å². The van der Waals surface area contributed by atoms with Crippen LogP contribution in [0.4, 0.5) is 5.69 Å². The van der Waals surface area contributed by atoms with Gasteiger partial charge in [-0.1, -0.05) is 18.2 Å². The van der Waals surface area contributed by atoms with Crippen LogP contribution in [-0.2, 0) is 4.79 Å². The van der Waals surface area contributed by atoms with Crippen LogP contribution in [0.15, 0.2) is 30.3 Å². The van der Waals surface area contributed by atoms with Gasteiger partial charge in [-0.25, -0.2) is 0 Å². The minimum atomic E-state index is -0.474. The molecule has 1 N–H and O–H groups in total. The number of nitrogens with one attached hydrogen (secondary N) is 1. The number of carbonyl (C=O) groups is 1. The lowest BCUT2D eigenvalue weighted by Crippen LogP contribution is -2.15. The first-order chi connectivity index (χ1) is 10.1. The summed E-state index contributed by atoms with van der Waals surface area (Å²) in [4.78, 5) is 12.4. The fourth-order valence-corrected chi connectivity index (χ4v) is 5.28. The van der Waals surface area contributed by atoms with Crippen molar-refractivity contribution in [3.63, 3.8) is 0 Å². The highest BCUT2D eigenvalue weighted by Gasteiger charge is 2.65. The molecule has 0 heterocycles. The van der Waals surface area contributed by atoms with Crippen molar-refractivity contribution in [3.8, 4) is 0 Å². The van der Waals surface area contributed by atoms with E-state index in [1.54, 1.807) is 0 Å². The molecule has 0 aliphatic heterocycles. The van der Waals surface area contributed by atoms with Crippen LogP contribution in [0.1, 0.15) is 25.7 Å². The first-order valence-electron chi connectivity index (χ1n) is 7.83. The fourth-order valence-electron chi connectivity index (χ4n) is 4.36. The smallest absolute Gasteiger partial charge is 0.228 e. The van der Waals surface area contributed by atoms with Gasteiger partial charge >= 0.3 is 0 Å². The summed E-state index contributed by atoms with van der Waals surface area (Å²) in [5, 5.41) is 3.05. The van der Waals surface area contributed by atoms with E-state index in [-0.39, 0.29) is 11.8 Å². The van der Waals surface area contributed by atoms with Gasteiger partial charge in [0, 0.05) is 11.6 Å². The van der Waals surface area contributed by atoms with Crippen LogP contribution in [0, 0.1) is 29.6 Å². The molecule has 112 valence electrons. The molecule has 3 saturated carbocycles. The maximum absolute atomic E-state index is 12.4. The summed E-state index contributed by atoms with van der Waals surface area (Å²) in [6.45, 7) is 0. The Morgan fingerprint density at radius 1 is 1.00 bits per heavy atom. The molecule has 1 aromatic carbocycles. The van der Waals surface area contributed by atoms with Gasteiger partial charge in [0.2, 0.25) is 5.91 Å². The Hall–Kier alpha value is -0.730. The summed E-state index contributed by atoms with van der Waals surface area (Å²) in [6, 6.07) is 9.72. The van der Waals surface area contributed by atoms with Crippen LogP contribution < -0.4 is 5.32 Å². The first-order valence-corrected chi connectivity index (χ1v) is 8.58. The van der Waals surface area contributed by atoms with Gasteiger partial charge in [-0.3, -0.25) is 4.79 Å². The number of rotatable bonds is 2. The number of carbonyl (C=O) groups excluding carboxylic acids is 1. The van der Waals surface area contributed by atoms with E-state index in [1.165, 1.54) is 0 Å². The number of benzene rings is 1. The summed E-state index contributed by atoms with van der Waals surface area (Å²) < 4.78 is -0.474. The minimum Gasteiger partial charge on any atom is -0.326 e. The van der Waals surface area contributed by atoms with E-state index >= 15 is 0 Å². The fraction of sp³-hybridized carbons (Fsp3) is 0.588. The summed E-state index contributed by atoms with van der Waals surface area (Å²) in [7, 11) is 0. The SMILES string of the molecule is O=C(Nc1ccccc1)C1[C@H]2CC[C@@H]3[C@H](CC[C@H]12)C3(Cl)Cl. The van der Waals surface area contributed by atoms with Crippen molar-refractivity contribution in [2.75, 3.05) is 5.32 Å². The van der Waals surface area contributed by atoms with Crippen molar-refractivity contribution in [1.82, 2.24) is 0 Å². The maximum atomic E-state index is 12.4. The predicted molar refractivity (Wildman–Crippen MR) is 85.4 cm³/mol. The topological polar surface area (TPSA) is 29.1 Å². The highest BCUT2D eigenvalue weighted by Crippen LogP contribution is 2.67. The van der Waals surface area contributed by atoms with Gasteiger partial charge in [0.05, 0.1) is 0 Å². The van der Waals surface area contributed by atoms with Crippen LogP contribution in [-0.4, -0.2) is 10.2 Å². The number of alkyl halides is 2. The van der Waals surface area contributed by atoms with Gasteiger partial charge in [0.1, 0.15) is 4.33 Å². The second kappa shape index (κ2) is 4.89. The first kappa shape index (κ1) is 13.9. The number of para-hydroxylation sites is 1. The lowest BCUT2D eigenvalue weighted by Gasteiger charge is -2.04. The standard InChI is InChI=1S/C17H19Cl2NO/c18-17(19)13-8-6-11-12(7-9-14(13)17)15(11)16(21)20-10-4-2-1-3-5-10/h1-5,11-15H,6-9H2,(H,20,21)/t11-,12-,13-,14+,15?/m0/s1. The van der Waals surface area contributed by atoms with Gasteiger partial charge < -0.3 is 5.32 Å². The lowest BCUT2D eigenvalue weighted by molar-refractivity contribution is -0.117. The van der Waals surface area contributed by atoms with E-state index in [0.717, 1.165) is 31.4 Å². The molecule has 3 aliphatic carbocycles. The quantitative estimate of drug-likeness (QED) is 0.799. The van der Waals surface area contributed by atoms with Gasteiger partial charge in [0.25, 0.3) is 0 Å². The number of fused-ring (bicyclic) bond motifs is 2. The van der Waals surface area contributed by atoms with Crippen molar-refractivity contribution in [2.24, 2.45) is 29.6 Å². The molecule has 1 aromatic rings. The Bertz CT molecular complexity index is 537. The van der Waals surface area contributed by atoms with E-state index in [0.29, 0.717) is 23.7 Å². The van der Waals surface area contributed by atoms with Crippen LogP contribution in [0.2, 0.25) is 0 Å². The zero-order valence-electron chi connectivity index (χ0n) is 11.8. The molecule has 0 aromatic heterocycles. The van der Waals surface area contributed by atoms with E-state index in [2.05, 4.69) is 5.32 Å². The molecular weight excluding hydrogens is 305 g/mol. The minimum absolute atomic E-state index is 0.190. The third-order valence-electron chi connectivity index (χ3n) is 5.66. The van der Waals surface area contributed by atoms with Crippen molar-refractivity contribution >= 4 is 34.8 Å². The Morgan fingerprint density at radius 2 is 1.57 bits per heavy atom. The van der Waals surface area contributed by atoms with E-state index in [9.17, 15) is 4.79 Å². The molecule has 4 rings (SSSR count). The molecule has 21 heavy (non-hydrogen) atoms. The van der Waals surface area contributed by atoms with Gasteiger partial charge in [-0.2, -0.15) is 0 Å². The van der Waals surface area contributed by atoms with Crippen molar-refractivity contribution < 1.29 is 4.79 Å². The zero-order valence-corrected chi connectivity index (χ0v) is 13.3. The molecule has 1 amide bonds. The second-order valence-electron chi connectivity index (χ2n) is 6.75. The van der Waals surface area contributed by atoms with E-state index in [1.807, 2.05) is 30.3 Å². The largest absolute Gasteiger partial charge is 0.326 e. The molecule has 3 aliphatic rings. The average Bonchev–Trinajstić information content (AvgIpc) is 3.24. The third kappa shape index (κ3) is 2.37. The highest BCUT2D eigenvalue weighted by atomic mass is 35.5. The summed E-state index contributed by atoms with van der Waals surface area (Å²) in [5.74, 6) is 2.39. The molecule has 0 saturated heterocycles. The second-order valence-corrected chi connectivity index (χ2v) is 8.20. The normalized spacial score (nSPS) is 39.2. The molecule has 0 radical (unpaired) electrons. The predicted octanol–water partition coefficient (Wildman–Crippen LogP) is 4.48. The highest BCUT2D eigenvalue weighted by molar-refractivity contribution is 6.51. The summed E-state index contributed by atoms with van der Waals surface area (Å²) in [5.41, 5.74) is 0.894. The zero-order chi connectivity index (χ0) is 14.6. The summed E-state index contributed by atoms with van der Waals surface area (Å²) >= 11 is 12.6. The number of hydrogen-bond acceptors (Lipinski definition) is 1. The molecule has 2 nitrogen and oxygen atoms in total. The van der Waals surface area contributed by atoms with E-state index < -0.39 is 4.33 Å². The van der Waals surface area contributed by atoms with Crippen LogP contribution in [0.25, 0.3) is 0 Å².